The molecule has 0 bridgehead atoms. The minimum absolute atomic E-state index is 0.818. The van der Waals surface area contributed by atoms with Crippen LogP contribution in [-0.2, 0) is 0 Å². The molecule has 0 spiro atoms. The van der Waals surface area contributed by atoms with E-state index in [2.05, 4.69) is 41.0 Å². The van der Waals surface area contributed by atoms with E-state index in [9.17, 15) is 0 Å². The molecule has 0 aliphatic heterocycles. The first-order valence-corrected chi connectivity index (χ1v) is 6.32. The molecule has 88 valence electrons. The van der Waals surface area contributed by atoms with E-state index in [1.165, 1.54) is 24.9 Å². The Morgan fingerprint density at radius 2 is 2.00 bits per heavy atom. The molecular formula is C14H22N2. The average Bonchev–Trinajstić information content (AvgIpc) is 3.10. The number of hydrogen-bond acceptors (Lipinski definition) is 2. The molecule has 1 fully saturated rings. The Hall–Kier alpha value is -0.860. The van der Waals surface area contributed by atoms with Crippen molar-refractivity contribution in [2.45, 2.75) is 18.8 Å². The average molecular weight is 218 g/mol. The monoisotopic (exact) mass is 218 g/mol. The summed E-state index contributed by atoms with van der Waals surface area (Å²) in [5, 5.41) is 6.71. The summed E-state index contributed by atoms with van der Waals surface area (Å²) in [7, 11) is 2.01. The van der Waals surface area contributed by atoms with Gasteiger partial charge in [0.25, 0.3) is 0 Å². The van der Waals surface area contributed by atoms with Gasteiger partial charge in [-0.15, -0.1) is 0 Å². The molecule has 0 aromatic heterocycles. The Kier molecular flexibility index (Phi) is 4.37. The molecule has 0 radical (unpaired) electrons. The van der Waals surface area contributed by atoms with E-state index in [0.29, 0.717) is 0 Å². The second-order valence-corrected chi connectivity index (χ2v) is 4.67. The van der Waals surface area contributed by atoms with E-state index in [1.807, 2.05) is 7.05 Å². The maximum atomic E-state index is 3.54. The zero-order valence-electron chi connectivity index (χ0n) is 10.1. The molecule has 1 aromatic rings. The molecule has 2 heteroatoms. The number of hydrogen-bond donors (Lipinski definition) is 2. The number of rotatable bonds is 7. The molecule has 16 heavy (non-hydrogen) atoms. The van der Waals surface area contributed by atoms with Crippen molar-refractivity contribution < 1.29 is 0 Å². The largest absolute Gasteiger partial charge is 0.320 e. The normalized spacial score (nSPS) is 23.3. The van der Waals surface area contributed by atoms with Gasteiger partial charge in [-0.3, -0.25) is 0 Å². The van der Waals surface area contributed by atoms with Crippen LogP contribution in [0.25, 0.3) is 0 Å². The van der Waals surface area contributed by atoms with Gasteiger partial charge < -0.3 is 10.6 Å². The molecule has 1 aliphatic rings. The van der Waals surface area contributed by atoms with Crippen LogP contribution in [0, 0.1) is 5.92 Å². The van der Waals surface area contributed by atoms with E-state index in [1.54, 1.807) is 0 Å². The van der Waals surface area contributed by atoms with Gasteiger partial charge in [-0.25, -0.2) is 0 Å². The number of benzene rings is 1. The molecule has 1 aliphatic carbocycles. The van der Waals surface area contributed by atoms with Crippen LogP contribution in [0.2, 0.25) is 0 Å². The van der Waals surface area contributed by atoms with Crippen LogP contribution >= 0.6 is 0 Å². The lowest BCUT2D eigenvalue weighted by atomic mass is 10.1. The molecule has 0 saturated heterocycles. The molecular weight excluding hydrogens is 196 g/mol. The smallest absolute Gasteiger partial charge is 0.00144 e. The molecule has 0 amide bonds. The van der Waals surface area contributed by atoms with Crippen molar-refractivity contribution in [3.8, 4) is 0 Å². The molecule has 2 rings (SSSR count). The lowest BCUT2D eigenvalue weighted by Gasteiger charge is -2.04. The van der Waals surface area contributed by atoms with Crippen LogP contribution in [0.5, 0.6) is 0 Å². The first-order chi connectivity index (χ1) is 7.92. The highest BCUT2D eigenvalue weighted by atomic mass is 14.9. The van der Waals surface area contributed by atoms with E-state index >= 15 is 0 Å². The van der Waals surface area contributed by atoms with Crippen molar-refractivity contribution in [3.63, 3.8) is 0 Å². The van der Waals surface area contributed by atoms with Gasteiger partial charge in [0.15, 0.2) is 0 Å². The summed E-state index contributed by atoms with van der Waals surface area (Å²) in [5.41, 5.74) is 1.52. The molecule has 2 N–H and O–H groups in total. The SMILES string of the molecule is CNCCCNCC1CC1c1ccccc1. The van der Waals surface area contributed by atoms with Gasteiger partial charge >= 0.3 is 0 Å². The first-order valence-electron chi connectivity index (χ1n) is 6.32. The quantitative estimate of drug-likeness (QED) is 0.684. The van der Waals surface area contributed by atoms with Crippen LogP contribution in [0.3, 0.4) is 0 Å². The first kappa shape index (κ1) is 11.6. The summed E-state index contributed by atoms with van der Waals surface area (Å²) >= 11 is 0. The highest BCUT2D eigenvalue weighted by Gasteiger charge is 2.37. The van der Waals surface area contributed by atoms with Crippen molar-refractivity contribution >= 4 is 0 Å². The van der Waals surface area contributed by atoms with Gasteiger partial charge in [-0.2, -0.15) is 0 Å². The van der Waals surface area contributed by atoms with Crippen LogP contribution in [0.4, 0.5) is 0 Å². The van der Waals surface area contributed by atoms with Crippen molar-refractivity contribution in [3.05, 3.63) is 35.9 Å². The van der Waals surface area contributed by atoms with Gasteiger partial charge in [-0.05, 0) is 56.9 Å². The molecule has 0 heterocycles. The van der Waals surface area contributed by atoms with E-state index in [-0.39, 0.29) is 0 Å². The van der Waals surface area contributed by atoms with Gasteiger partial charge in [-0.1, -0.05) is 30.3 Å². The lowest BCUT2D eigenvalue weighted by Crippen LogP contribution is -2.22. The maximum absolute atomic E-state index is 3.54. The zero-order valence-corrected chi connectivity index (χ0v) is 10.1. The molecule has 1 aromatic carbocycles. The highest BCUT2D eigenvalue weighted by molar-refractivity contribution is 5.25. The summed E-state index contributed by atoms with van der Waals surface area (Å²) in [6.45, 7) is 3.43. The fraction of sp³-hybridized carbons (Fsp3) is 0.571. The third-order valence-electron chi connectivity index (χ3n) is 3.34. The fourth-order valence-corrected chi connectivity index (χ4v) is 2.26. The van der Waals surface area contributed by atoms with Crippen LogP contribution in [-0.4, -0.2) is 26.7 Å². The third-order valence-corrected chi connectivity index (χ3v) is 3.34. The van der Waals surface area contributed by atoms with E-state index in [4.69, 9.17) is 0 Å². The summed E-state index contributed by atoms with van der Waals surface area (Å²) < 4.78 is 0. The van der Waals surface area contributed by atoms with Crippen LogP contribution in [0.1, 0.15) is 24.3 Å². The van der Waals surface area contributed by atoms with E-state index < -0.39 is 0 Å². The van der Waals surface area contributed by atoms with Crippen molar-refractivity contribution in [2.24, 2.45) is 5.92 Å². The topological polar surface area (TPSA) is 24.1 Å². The van der Waals surface area contributed by atoms with Crippen molar-refractivity contribution in [1.29, 1.82) is 0 Å². The third kappa shape index (κ3) is 3.32. The molecule has 2 unspecified atom stereocenters. The summed E-state index contributed by atoms with van der Waals surface area (Å²) in [4.78, 5) is 0. The standard InChI is InChI=1S/C14H22N2/c1-15-8-5-9-16-11-13-10-14(13)12-6-3-2-4-7-12/h2-4,6-7,13-16H,5,8-11H2,1H3. The van der Waals surface area contributed by atoms with E-state index in [0.717, 1.165) is 24.9 Å². The van der Waals surface area contributed by atoms with Gasteiger partial charge in [0.2, 0.25) is 0 Å². The maximum Gasteiger partial charge on any atom is -0.00144 e. The lowest BCUT2D eigenvalue weighted by molar-refractivity contribution is 0.592. The zero-order chi connectivity index (χ0) is 11.2. The molecule has 2 nitrogen and oxygen atoms in total. The predicted molar refractivity (Wildman–Crippen MR) is 68.7 cm³/mol. The minimum atomic E-state index is 0.818. The Labute approximate surface area is 98.4 Å². The predicted octanol–water partition coefficient (Wildman–Crippen LogP) is 1.99. The van der Waals surface area contributed by atoms with Crippen LogP contribution < -0.4 is 10.6 Å². The Morgan fingerprint density at radius 3 is 2.75 bits per heavy atom. The highest BCUT2D eigenvalue weighted by Crippen LogP contribution is 2.46. The number of nitrogens with one attached hydrogen (secondary N) is 2. The van der Waals surface area contributed by atoms with Gasteiger partial charge in [0.05, 0.1) is 0 Å². The van der Waals surface area contributed by atoms with Crippen molar-refractivity contribution in [2.75, 3.05) is 26.7 Å². The van der Waals surface area contributed by atoms with Crippen LogP contribution in [0.15, 0.2) is 30.3 Å². The summed E-state index contributed by atoms with van der Waals surface area (Å²) in [6.07, 6.45) is 2.59. The fourth-order valence-electron chi connectivity index (χ4n) is 2.26. The molecule has 1 saturated carbocycles. The summed E-state index contributed by atoms with van der Waals surface area (Å²) in [5.74, 6) is 1.69. The second kappa shape index (κ2) is 6.02. The Morgan fingerprint density at radius 1 is 1.19 bits per heavy atom. The Balaban J connectivity index is 1.61. The second-order valence-electron chi connectivity index (χ2n) is 4.67. The van der Waals surface area contributed by atoms with Gasteiger partial charge in [0.1, 0.15) is 0 Å². The van der Waals surface area contributed by atoms with Gasteiger partial charge in [0, 0.05) is 0 Å². The molecule has 2 atom stereocenters. The van der Waals surface area contributed by atoms with Crippen molar-refractivity contribution in [1.82, 2.24) is 10.6 Å². The summed E-state index contributed by atoms with van der Waals surface area (Å²) in [6, 6.07) is 10.9. The minimum Gasteiger partial charge on any atom is -0.320 e. The Bertz CT molecular complexity index is 297.